The van der Waals surface area contributed by atoms with Crippen LogP contribution in [-0.2, 0) is 22.6 Å². The van der Waals surface area contributed by atoms with Crippen molar-refractivity contribution in [3.63, 3.8) is 0 Å². The Kier molecular flexibility index (Phi) is 7.32. The van der Waals surface area contributed by atoms with Gasteiger partial charge >= 0.3 is 5.97 Å². The third-order valence-electron chi connectivity index (χ3n) is 4.35. The largest absolute Gasteiger partial charge is 0.481 e. The number of carbonyl (C=O) groups is 3. The van der Waals surface area contributed by atoms with E-state index in [1.807, 2.05) is 38.1 Å². The molecule has 2 aromatic rings. The van der Waals surface area contributed by atoms with Crippen LogP contribution in [0.25, 0.3) is 0 Å². The predicted octanol–water partition coefficient (Wildman–Crippen LogP) is 3.57. The minimum Gasteiger partial charge on any atom is -0.481 e. The molecule has 0 unspecified atom stereocenters. The average molecular weight is 382 g/mol. The van der Waals surface area contributed by atoms with Gasteiger partial charge in [-0.25, -0.2) is 0 Å². The summed E-state index contributed by atoms with van der Waals surface area (Å²) in [7, 11) is 1.77. The van der Waals surface area contributed by atoms with Crippen LogP contribution in [0.3, 0.4) is 0 Å². The Morgan fingerprint density at radius 1 is 0.964 bits per heavy atom. The Labute approximate surface area is 165 Å². The maximum Gasteiger partial charge on any atom is 0.303 e. The van der Waals surface area contributed by atoms with E-state index in [9.17, 15) is 14.4 Å². The molecule has 0 aromatic heterocycles. The number of aryl methyl sites for hydroxylation is 1. The van der Waals surface area contributed by atoms with E-state index in [2.05, 4.69) is 5.32 Å². The molecule has 0 saturated heterocycles. The summed E-state index contributed by atoms with van der Waals surface area (Å²) in [4.78, 5) is 36.6. The highest BCUT2D eigenvalue weighted by molar-refractivity contribution is 6.04. The lowest BCUT2D eigenvalue weighted by Gasteiger charge is -2.19. The summed E-state index contributed by atoms with van der Waals surface area (Å²) >= 11 is 0. The van der Waals surface area contributed by atoms with Crippen molar-refractivity contribution in [1.82, 2.24) is 4.90 Å². The van der Waals surface area contributed by atoms with E-state index in [0.29, 0.717) is 24.2 Å². The number of carboxylic acids is 1. The van der Waals surface area contributed by atoms with Gasteiger partial charge < -0.3 is 15.3 Å². The molecule has 0 radical (unpaired) electrons. The molecule has 0 fully saturated rings. The number of hydrogen-bond acceptors (Lipinski definition) is 3. The summed E-state index contributed by atoms with van der Waals surface area (Å²) in [5.74, 6) is -1.03. The third kappa shape index (κ3) is 6.23. The van der Waals surface area contributed by atoms with E-state index in [0.717, 1.165) is 11.1 Å². The molecule has 6 heteroatoms. The van der Waals surface area contributed by atoms with E-state index < -0.39 is 5.97 Å². The summed E-state index contributed by atoms with van der Waals surface area (Å²) in [6.07, 6.45) is 0.536. The summed E-state index contributed by atoms with van der Waals surface area (Å²) < 4.78 is 0. The number of aliphatic carboxylic acids is 1. The molecular formula is C22H26N2O4. The van der Waals surface area contributed by atoms with Crippen molar-refractivity contribution in [1.29, 1.82) is 0 Å². The van der Waals surface area contributed by atoms with E-state index in [-0.39, 0.29) is 24.2 Å². The fourth-order valence-electron chi connectivity index (χ4n) is 2.76. The lowest BCUT2D eigenvalue weighted by atomic mass is 10.1. The molecule has 0 heterocycles. The number of carbonyl (C=O) groups excluding carboxylic acids is 2. The molecule has 0 saturated carbocycles. The molecule has 2 aromatic carbocycles. The highest BCUT2D eigenvalue weighted by Crippen LogP contribution is 2.14. The van der Waals surface area contributed by atoms with Crippen LogP contribution in [0, 0.1) is 5.92 Å². The summed E-state index contributed by atoms with van der Waals surface area (Å²) in [5, 5.41) is 11.5. The number of carboxylic acid groups (broad SMARTS) is 1. The SMILES string of the molecule is CC(C)C(=O)N(C)Cc1ccc(C(=O)Nc2ccc(CCC(=O)O)cc2)cc1. The van der Waals surface area contributed by atoms with Crippen LogP contribution in [0.5, 0.6) is 0 Å². The van der Waals surface area contributed by atoms with Crippen molar-refractivity contribution in [3.05, 3.63) is 65.2 Å². The molecule has 0 atom stereocenters. The Hall–Kier alpha value is -3.15. The highest BCUT2D eigenvalue weighted by Gasteiger charge is 2.13. The highest BCUT2D eigenvalue weighted by atomic mass is 16.4. The van der Waals surface area contributed by atoms with Crippen LogP contribution in [0.4, 0.5) is 5.69 Å². The van der Waals surface area contributed by atoms with Gasteiger partial charge in [-0.15, -0.1) is 0 Å². The van der Waals surface area contributed by atoms with E-state index in [1.165, 1.54) is 0 Å². The van der Waals surface area contributed by atoms with Gasteiger partial charge in [0.2, 0.25) is 5.91 Å². The smallest absolute Gasteiger partial charge is 0.303 e. The number of amides is 2. The van der Waals surface area contributed by atoms with Crippen molar-refractivity contribution in [2.24, 2.45) is 5.92 Å². The number of nitrogens with zero attached hydrogens (tertiary/aromatic N) is 1. The first-order valence-electron chi connectivity index (χ1n) is 9.22. The zero-order valence-corrected chi connectivity index (χ0v) is 16.4. The normalized spacial score (nSPS) is 10.6. The molecule has 0 spiro atoms. The van der Waals surface area contributed by atoms with Gasteiger partial charge in [0.25, 0.3) is 5.91 Å². The van der Waals surface area contributed by atoms with Crippen molar-refractivity contribution in [2.75, 3.05) is 12.4 Å². The summed E-state index contributed by atoms with van der Waals surface area (Å²) in [5.41, 5.74) is 3.03. The monoisotopic (exact) mass is 382 g/mol. The van der Waals surface area contributed by atoms with Gasteiger partial charge in [-0.05, 0) is 41.8 Å². The van der Waals surface area contributed by atoms with E-state index in [1.54, 1.807) is 36.2 Å². The average Bonchev–Trinajstić information content (AvgIpc) is 2.67. The number of nitrogens with one attached hydrogen (secondary N) is 1. The standard InChI is InChI=1S/C22H26N2O4/c1-15(2)22(28)24(3)14-17-4-9-18(10-5-17)21(27)23-19-11-6-16(7-12-19)8-13-20(25)26/h4-7,9-12,15H,8,13-14H2,1-3H3,(H,23,27)(H,25,26). The van der Waals surface area contributed by atoms with E-state index >= 15 is 0 Å². The van der Waals surface area contributed by atoms with Gasteiger partial charge in [0.15, 0.2) is 0 Å². The van der Waals surface area contributed by atoms with Crippen LogP contribution < -0.4 is 5.32 Å². The quantitative estimate of drug-likeness (QED) is 0.731. The first-order valence-corrected chi connectivity index (χ1v) is 9.22. The zero-order valence-electron chi connectivity index (χ0n) is 16.4. The predicted molar refractivity (Wildman–Crippen MR) is 108 cm³/mol. The lowest BCUT2D eigenvalue weighted by Crippen LogP contribution is -2.29. The van der Waals surface area contributed by atoms with Gasteiger partial charge in [-0.3, -0.25) is 14.4 Å². The first kappa shape index (κ1) is 21.2. The maximum atomic E-state index is 12.4. The maximum absolute atomic E-state index is 12.4. The number of rotatable bonds is 8. The second-order valence-corrected chi connectivity index (χ2v) is 7.09. The van der Waals surface area contributed by atoms with Crippen LogP contribution in [0.1, 0.15) is 41.8 Å². The first-order chi connectivity index (χ1) is 13.3. The van der Waals surface area contributed by atoms with Gasteiger partial charge in [0.05, 0.1) is 0 Å². The second-order valence-electron chi connectivity index (χ2n) is 7.09. The van der Waals surface area contributed by atoms with Crippen LogP contribution >= 0.6 is 0 Å². The molecular weight excluding hydrogens is 356 g/mol. The van der Waals surface area contributed by atoms with Crippen LogP contribution in [-0.4, -0.2) is 34.8 Å². The number of hydrogen-bond donors (Lipinski definition) is 2. The fourth-order valence-corrected chi connectivity index (χ4v) is 2.76. The van der Waals surface area contributed by atoms with Gasteiger partial charge in [0.1, 0.15) is 0 Å². The molecule has 2 rings (SSSR count). The summed E-state index contributed by atoms with van der Waals surface area (Å²) in [6.45, 7) is 4.23. The number of anilines is 1. The van der Waals surface area contributed by atoms with Gasteiger partial charge in [-0.1, -0.05) is 38.1 Å². The molecule has 0 bridgehead atoms. The Balaban J connectivity index is 1.94. The van der Waals surface area contributed by atoms with Crippen molar-refractivity contribution in [2.45, 2.75) is 33.2 Å². The second kappa shape index (κ2) is 9.69. The molecule has 0 aliphatic heterocycles. The summed E-state index contributed by atoms with van der Waals surface area (Å²) in [6, 6.07) is 14.3. The zero-order chi connectivity index (χ0) is 20.7. The van der Waals surface area contributed by atoms with Gasteiger partial charge in [0, 0.05) is 37.2 Å². The topological polar surface area (TPSA) is 86.7 Å². The van der Waals surface area contributed by atoms with Crippen molar-refractivity contribution < 1.29 is 19.5 Å². The molecule has 28 heavy (non-hydrogen) atoms. The minimum atomic E-state index is -0.833. The Bertz CT molecular complexity index is 827. The molecule has 2 amide bonds. The Morgan fingerprint density at radius 2 is 1.54 bits per heavy atom. The molecule has 2 N–H and O–H groups in total. The van der Waals surface area contributed by atoms with E-state index in [4.69, 9.17) is 5.11 Å². The fraction of sp³-hybridized carbons (Fsp3) is 0.318. The lowest BCUT2D eigenvalue weighted by molar-refractivity contribution is -0.137. The van der Waals surface area contributed by atoms with Crippen molar-refractivity contribution in [3.8, 4) is 0 Å². The third-order valence-corrected chi connectivity index (χ3v) is 4.35. The number of benzene rings is 2. The molecule has 148 valence electrons. The molecule has 6 nitrogen and oxygen atoms in total. The van der Waals surface area contributed by atoms with Gasteiger partial charge in [-0.2, -0.15) is 0 Å². The molecule has 0 aliphatic carbocycles. The van der Waals surface area contributed by atoms with Crippen LogP contribution in [0.2, 0.25) is 0 Å². The molecule has 0 aliphatic rings. The Morgan fingerprint density at radius 3 is 2.07 bits per heavy atom. The van der Waals surface area contributed by atoms with Crippen LogP contribution in [0.15, 0.2) is 48.5 Å². The van der Waals surface area contributed by atoms with Crippen molar-refractivity contribution >= 4 is 23.5 Å². The minimum absolute atomic E-state index is 0.0504.